The second kappa shape index (κ2) is 9.81. The number of hydrogen-bond acceptors (Lipinski definition) is 3. The Balaban J connectivity index is 3.15. The molecule has 2 nitrogen and oxygen atoms in total. The Labute approximate surface area is 93.2 Å². The molecule has 0 fully saturated rings. The van der Waals surface area contributed by atoms with E-state index >= 15 is 0 Å². The van der Waals surface area contributed by atoms with Crippen LogP contribution in [0.15, 0.2) is 0 Å². The van der Waals surface area contributed by atoms with Crippen LogP contribution in [0.3, 0.4) is 0 Å². The molecule has 0 aromatic heterocycles. The van der Waals surface area contributed by atoms with Gasteiger partial charge in [0.05, 0.1) is 6.61 Å². The fourth-order valence-electron chi connectivity index (χ4n) is 1.04. The first-order valence-electron chi connectivity index (χ1n) is 5.48. The third kappa shape index (κ3) is 10.4. The van der Waals surface area contributed by atoms with Gasteiger partial charge in [0.15, 0.2) is 0 Å². The summed E-state index contributed by atoms with van der Waals surface area (Å²) in [6.07, 6.45) is 1.33. The molecule has 0 aliphatic heterocycles. The summed E-state index contributed by atoms with van der Waals surface area (Å²) in [5, 5.41) is 4.09. The highest BCUT2D eigenvalue weighted by Crippen LogP contribution is 2.13. The Hall–Kier alpha value is 0.270. The first kappa shape index (κ1) is 14.3. The summed E-state index contributed by atoms with van der Waals surface area (Å²) in [6, 6.07) is 0. The lowest BCUT2D eigenvalue weighted by molar-refractivity contribution is 0.199. The van der Waals surface area contributed by atoms with Crippen LogP contribution < -0.4 is 5.32 Å². The highest BCUT2D eigenvalue weighted by molar-refractivity contribution is 7.99. The molecule has 0 saturated carbocycles. The number of thioether (sulfide) groups is 1. The lowest BCUT2D eigenvalue weighted by atomic mass is 10.2. The van der Waals surface area contributed by atoms with E-state index in [1.54, 1.807) is 7.11 Å². The van der Waals surface area contributed by atoms with Crippen molar-refractivity contribution in [2.75, 3.05) is 32.6 Å². The molecule has 86 valence electrons. The van der Waals surface area contributed by atoms with Crippen molar-refractivity contribution in [1.82, 2.24) is 5.32 Å². The molecular weight excluding hydrogens is 194 g/mol. The van der Waals surface area contributed by atoms with E-state index in [4.69, 9.17) is 4.74 Å². The van der Waals surface area contributed by atoms with E-state index in [0.717, 1.165) is 25.6 Å². The van der Waals surface area contributed by atoms with Gasteiger partial charge in [0.1, 0.15) is 0 Å². The van der Waals surface area contributed by atoms with Crippen LogP contribution in [0.1, 0.15) is 27.2 Å². The number of methoxy groups -OCH3 is 1. The molecule has 0 aliphatic carbocycles. The third-order valence-electron chi connectivity index (χ3n) is 2.01. The molecule has 0 aliphatic rings. The molecule has 0 aromatic rings. The monoisotopic (exact) mass is 219 g/mol. The molecule has 1 N–H and O–H groups in total. The molecule has 0 heterocycles. The number of nitrogens with one attached hydrogen (secondary N) is 1. The molecule has 14 heavy (non-hydrogen) atoms. The molecule has 0 spiro atoms. The van der Waals surface area contributed by atoms with Crippen LogP contribution in [0, 0.1) is 5.92 Å². The number of ether oxygens (including phenoxy) is 1. The Morgan fingerprint density at radius 2 is 2.00 bits per heavy atom. The van der Waals surface area contributed by atoms with Crippen LogP contribution in [0.25, 0.3) is 0 Å². The van der Waals surface area contributed by atoms with E-state index < -0.39 is 0 Å². The van der Waals surface area contributed by atoms with Crippen LogP contribution >= 0.6 is 11.8 Å². The zero-order valence-corrected chi connectivity index (χ0v) is 10.8. The average Bonchev–Trinajstić information content (AvgIpc) is 2.12. The summed E-state index contributed by atoms with van der Waals surface area (Å²) in [6.45, 7) is 9.70. The van der Waals surface area contributed by atoms with Crippen molar-refractivity contribution in [3.63, 3.8) is 0 Å². The molecule has 0 aromatic carbocycles. The molecule has 0 amide bonds. The normalized spacial score (nSPS) is 13.5. The zero-order valence-electron chi connectivity index (χ0n) is 10.0. The topological polar surface area (TPSA) is 21.3 Å². The standard InChI is InChI=1S/C11H25NOS/c1-10(2)5-8-14-11(3)9-12-6-7-13-4/h10-12H,5-9H2,1-4H3. The SMILES string of the molecule is COCCNCC(C)SCCC(C)C. The van der Waals surface area contributed by atoms with Crippen molar-refractivity contribution in [3.8, 4) is 0 Å². The molecule has 1 unspecified atom stereocenters. The van der Waals surface area contributed by atoms with Gasteiger partial charge < -0.3 is 10.1 Å². The molecule has 0 saturated heterocycles. The first-order chi connectivity index (χ1) is 6.66. The van der Waals surface area contributed by atoms with Crippen LogP contribution in [0.5, 0.6) is 0 Å². The maximum atomic E-state index is 4.97. The first-order valence-corrected chi connectivity index (χ1v) is 6.53. The largest absolute Gasteiger partial charge is 0.383 e. The van der Waals surface area contributed by atoms with Crippen molar-refractivity contribution in [2.45, 2.75) is 32.4 Å². The number of hydrogen-bond donors (Lipinski definition) is 1. The predicted molar refractivity (Wildman–Crippen MR) is 66.1 cm³/mol. The van der Waals surface area contributed by atoms with Gasteiger partial charge in [0.25, 0.3) is 0 Å². The fourth-order valence-corrected chi connectivity index (χ4v) is 2.29. The Bertz CT molecular complexity index is 120. The number of rotatable bonds is 9. The molecule has 0 rings (SSSR count). The minimum absolute atomic E-state index is 0.714. The third-order valence-corrected chi connectivity index (χ3v) is 3.22. The maximum Gasteiger partial charge on any atom is 0.0587 e. The van der Waals surface area contributed by atoms with Crippen molar-refractivity contribution in [1.29, 1.82) is 0 Å². The van der Waals surface area contributed by atoms with Gasteiger partial charge in [-0.05, 0) is 18.1 Å². The van der Waals surface area contributed by atoms with Gasteiger partial charge in [-0.3, -0.25) is 0 Å². The Morgan fingerprint density at radius 1 is 1.29 bits per heavy atom. The van der Waals surface area contributed by atoms with Crippen molar-refractivity contribution in [3.05, 3.63) is 0 Å². The van der Waals surface area contributed by atoms with Gasteiger partial charge in [-0.2, -0.15) is 11.8 Å². The van der Waals surface area contributed by atoms with Crippen LogP contribution in [-0.2, 0) is 4.74 Å². The maximum absolute atomic E-state index is 4.97. The summed E-state index contributed by atoms with van der Waals surface area (Å²) in [5.74, 6) is 2.11. The summed E-state index contributed by atoms with van der Waals surface area (Å²) in [7, 11) is 1.74. The van der Waals surface area contributed by atoms with Crippen LogP contribution in [0.4, 0.5) is 0 Å². The van der Waals surface area contributed by atoms with Gasteiger partial charge in [-0.1, -0.05) is 20.8 Å². The minimum atomic E-state index is 0.714. The van der Waals surface area contributed by atoms with Crippen molar-refractivity contribution < 1.29 is 4.74 Å². The van der Waals surface area contributed by atoms with Crippen LogP contribution in [-0.4, -0.2) is 37.8 Å². The van der Waals surface area contributed by atoms with Crippen molar-refractivity contribution >= 4 is 11.8 Å². The smallest absolute Gasteiger partial charge is 0.0587 e. The Morgan fingerprint density at radius 3 is 2.57 bits per heavy atom. The lowest BCUT2D eigenvalue weighted by Crippen LogP contribution is -2.26. The fraction of sp³-hybridized carbons (Fsp3) is 1.00. The predicted octanol–water partition coefficient (Wildman–Crippen LogP) is 2.39. The highest BCUT2D eigenvalue weighted by atomic mass is 32.2. The zero-order chi connectivity index (χ0) is 10.8. The van der Waals surface area contributed by atoms with Gasteiger partial charge >= 0.3 is 0 Å². The van der Waals surface area contributed by atoms with E-state index in [1.807, 2.05) is 0 Å². The molecular formula is C11H25NOS. The second-order valence-corrected chi connectivity index (χ2v) is 5.61. The summed E-state index contributed by atoms with van der Waals surface area (Å²) in [4.78, 5) is 0. The summed E-state index contributed by atoms with van der Waals surface area (Å²) < 4.78 is 4.97. The van der Waals surface area contributed by atoms with Gasteiger partial charge in [0.2, 0.25) is 0 Å². The summed E-state index contributed by atoms with van der Waals surface area (Å²) >= 11 is 2.06. The molecule has 0 radical (unpaired) electrons. The average molecular weight is 219 g/mol. The van der Waals surface area contributed by atoms with Gasteiger partial charge in [-0.25, -0.2) is 0 Å². The quantitative estimate of drug-likeness (QED) is 0.602. The van der Waals surface area contributed by atoms with E-state index in [2.05, 4.69) is 37.8 Å². The van der Waals surface area contributed by atoms with E-state index in [1.165, 1.54) is 12.2 Å². The van der Waals surface area contributed by atoms with E-state index in [0.29, 0.717) is 5.25 Å². The minimum Gasteiger partial charge on any atom is -0.383 e. The molecule has 1 atom stereocenters. The van der Waals surface area contributed by atoms with E-state index in [9.17, 15) is 0 Å². The second-order valence-electron chi connectivity index (χ2n) is 4.06. The molecule has 0 bridgehead atoms. The van der Waals surface area contributed by atoms with Crippen molar-refractivity contribution in [2.24, 2.45) is 5.92 Å². The Kier molecular flexibility index (Phi) is 10.0. The van der Waals surface area contributed by atoms with Gasteiger partial charge in [-0.15, -0.1) is 0 Å². The van der Waals surface area contributed by atoms with Gasteiger partial charge in [0, 0.05) is 25.4 Å². The van der Waals surface area contributed by atoms with Crippen LogP contribution in [0.2, 0.25) is 0 Å². The summed E-state index contributed by atoms with van der Waals surface area (Å²) in [5.41, 5.74) is 0. The molecule has 3 heteroatoms. The van der Waals surface area contributed by atoms with E-state index in [-0.39, 0.29) is 0 Å². The highest BCUT2D eigenvalue weighted by Gasteiger charge is 2.02. The lowest BCUT2D eigenvalue weighted by Gasteiger charge is -2.12.